The van der Waals surface area contributed by atoms with Gasteiger partial charge in [-0.1, -0.05) is 78.9 Å². The van der Waals surface area contributed by atoms with E-state index in [0.29, 0.717) is 37.3 Å². The van der Waals surface area contributed by atoms with E-state index in [1.54, 1.807) is 11.0 Å². The molecule has 4 aromatic rings. The van der Waals surface area contributed by atoms with Crippen LogP contribution < -0.4 is 5.32 Å². The predicted octanol–water partition coefficient (Wildman–Crippen LogP) is 5.03. The molecule has 0 saturated carbocycles. The van der Waals surface area contributed by atoms with E-state index in [0.717, 1.165) is 24.2 Å². The summed E-state index contributed by atoms with van der Waals surface area (Å²) < 4.78 is 39.3. The maximum absolute atomic E-state index is 14.4. The second-order valence-corrected chi connectivity index (χ2v) is 12.0. The van der Waals surface area contributed by atoms with Crippen molar-refractivity contribution in [1.82, 2.24) is 19.7 Å². The van der Waals surface area contributed by atoms with Crippen LogP contribution in [0.2, 0.25) is 0 Å². The number of piperazine rings is 1. The van der Waals surface area contributed by atoms with E-state index in [-0.39, 0.29) is 24.7 Å². The molecule has 2 N–H and O–H groups in total. The molecule has 1 aromatic heterocycles. The summed E-state index contributed by atoms with van der Waals surface area (Å²) in [7, 11) is 0. The number of rotatable bonds is 12. The molecular weight excluding hydrogens is 647 g/mol. The molecule has 260 valence electrons. The third-order valence-corrected chi connectivity index (χ3v) is 8.39. The summed E-state index contributed by atoms with van der Waals surface area (Å²) in [5, 5.41) is 11.5. The van der Waals surface area contributed by atoms with Gasteiger partial charge in [-0.3, -0.25) is 19.3 Å². The van der Waals surface area contributed by atoms with Gasteiger partial charge in [-0.15, -0.1) is 0 Å². The third kappa shape index (κ3) is 10.1. The van der Waals surface area contributed by atoms with Crippen molar-refractivity contribution in [1.29, 1.82) is 0 Å². The SMILES string of the molecule is O=C(CO)Nc1ccc(CN(C(=O)C=Cc2ccc(C(F)(F)F)cc2)C(Cc2ccccc2)C(=O)N2CCN(Cc3ccccc3)CC2)cn1. The fourth-order valence-corrected chi connectivity index (χ4v) is 5.71. The van der Waals surface area contributed by atoms with Gasteiger partial charge in [0, 0.05) is 58.0 Å². The van der Waals surface area contributed by atoms with E-state index in [1.165, 1.54) is 47.0 Å². The van der Waals surface area contributed by atoms with E-state index in [1.807, 2.05) is 48.5 Å². The number of anilines is 1. The Morgan fingerprint density at radius 2 is 1.48 bits per heavy atom. The minimum atomic E-state index is -4.49. The molecule has 1 fully saturated rings. The average Bonchev–Trinajstić information content (AvgIpc) is 3.13. The van der Waals surface area contributed by atoms with E-state index in [4.69, 9.17) is 5.11 Å². The van der Waals surface area contributed by atoms with Crippen LogP contribution in [0.15, 0.2) is 109 Å². The minimum Gasteiger partial charge on any atom is -0.387 e. The molecule has 12 heteroatoms. The average molecular weight is 686 g/mol. The Balaban J connectivity index is 1.41. The molecule has 0 aliphatic carbocycles. The largest absolute Gasteiger partial charge is 0.416 e. The normalized spacial score (nSPS) is 14.4. The zero-order chi connectivity index (χ0) is 35.5. The molecule has 2 heterocycles. The molecule has 0 bridgehead atoms. The number of aliphatic hydroxyl groups is 1. The van der Waals surface area contributed by atoms with Crippen LogP contribution in [0.3, 0.4) is 0 Å². The molecule has 1 aliphatic heterocycles. The van der Waals surface area contributed by atoms with Crippen molar-refractivity contribution in [2.24, 2.45) is 0 Å². The zero-order valence-electron chi connectivity index (χ0n) is 27.3. The smallest absolute Gasteiger partial charge is 0.387 e. The van der Waals surface area contributed by atoms with Crippen molar-refractivity contribution in [3.05, 3.63) is 137 Å². The van der Waals surface area contributed by atoms with Crippen LogP contribution in [0.5, 0.6) is 0 Å². The number of alkyl halides is 3. The first-order valence-corrected chi connectivity index (χ1v) is 16.2. The highest BCUT2D eigenvalue weighted by atomic mass is 19.4. The van der Waals surface area contributed by atoms with Gasteiger partial charge in [0.15, 0.2) is 0 Å². The number of halogens is 3. The first-order valence-electron chi connectivity index (χ1n) is 16.2. The number of pyridine rings is 1. The second-order valence-electron chi connectivity index (χ2n) is 12.0. The Hall–Kier alpha value is -5.33. The Labute approximate surface area is 288 Å². The molecule has 50 heavy (non-hydrogen) atoms. The number of carbonyl (C=O) groups is 3. The zero-order valence-corrected chi connectivity index (χ0v) is 27.3. The Morgan fingerprint density at radius 3 is 2.06 bits per heavy atom. The summed E-state index contributed by atoms with van der Waals surface area (Å²) >= 11 is 0. The Morgan fingerprint density at radius 1 is 0.840 bits per heavy atom. The molecule has 1 saturated heterocycles. The van der Waals surface area contributed by atoms with Crippen molar-refractivity contribution < 1.29 is 32.7 Å². The minimum absolute atomic E-state index is 0.0192. The van der Waals surface area contributed by atoms with Gasteiger partial charge in [-0.05, 0) is 46.5 Å². The summed E-state index contributed by atoms with van der Waals surface area (Å²) in [4.78, 5) is 49.8. The van der Waals surface area contributed by atoms with Gasteiger partial charge in [-0.25, -0.2) is 4.98 Å². The number of nitrogens with one attached hydrogen (secondary N) is 1. The van der Waals surface area contributed by atoms with E-state index in [9.17, 15) is 27.6 Å². The number of aliphatic hydroxyl groups excluding tert-OH is 1. The third-order valence-electron chi connectivity index (χ3n) is 8.39. The molecule has 3 amide bonds. The molecule has 1 atom stereocenters. The van der Waals surface area contributed by atoms with Gasteiger partial charge in [0.25, 0.3) is 5.91 Å². The van der Waals surface area contributed by atoms with Crippen LogP contribution >= 0.6 is 0 Å². The highest BCUT2D eigenvalue weighted by Gasteiger charge is 2.34. The van der Waals surface area contributed by atoms with Crippen LogP contribution in [0, 0.1) is 0 Å². The topological polar surface area (TPSA) is 106 Å². The first kappa shape index (κ1) is 36.0. The van der Waals surface area contributed by atoms with E-state index >= 15 is 0 Å². The second kappa shape index (κ2) is 16.9. The lowest BCUT2D eigenvalue weighted by Gasteiger charge is -2.39. The maximum atomic E-state index is 14.4. The van der Waals surface area contributed by atoms with Gasteiger partial charge >= 0.3 is 6.18 Å². The van der Waals surface area contributed by atoms with Crippen molar-refractivity contribution in [3.63, 3.8) is 0 Å². The van der Waals surface area contributed by atoms with Crippen LogP contribution in [-0.2, 0) is 40.1 Å². The summed E-state index contributed by atoms with van der Waals surface area (Å²) in [6, 6.07) is 26.2. The monoisotopic (exact) mass is 685 g/mol. The van der Waals surface area contributed by atoms with Gasteiger partial charge in [0.2, 0.25) is 11.8 Å². The lowest BCUT2D eigenvalue weighted by molar-refractivity contribution is -0.145. The summed E-state index contributed by atoms with van der Waals surface area (Å²) in [5.74, 6) is -1.16. The molecular formula is C38H38F3N5O4. The number of aromatic nitrogens is 1. The number of hydrogen-bond donors (Lipinski definition) is 2. The molecule has 5 rings (SSSR count). The lowest BCUT2D eigenvalue weighted by atomic mass is 10.0. The molecule has 1 aliphatic rings. The predicted molar refractivity (Wildman–Crippen MR) is 183 cm³/mol. The van der Waals surface area contributed by atoms with Crippen molar-refractivity contribution in [3.8, 4) is 0 Å². The molecule has 0 spiro atoms. The summed E-state index contributed by atoms with van der Waals surface area (Å²) in [5.41, 5.74) is 2.19. The number of carbonyl (C=O) groups excluding carboxylic acids is 3. The number of nitrogens with zero attached hydrogens (tertiary/aromatic N) is 4. The number of amides is 3. The summed E-state index contributed by atoms with van der Waals surface area (Å²) in [6.07, 6.45) is -0.110. The van der Waals surface area contributed by atoms with Crippen LogP contribution in [0.1, 0.15) is 27.8 Å². The van der Waals surface area contributed by atoms with E-state index < -0.39 is 36.2 Å². The van der Waals surface area contributed by atoms with Crippen LogP contribution in [0.25, 0.3) is 6.08 Å². The van der Waals surface area contributed by atoms with Gasteiger partial charge in [0.1, 0.15) is 18.5 Å². The molecule has 1 unspecified atom stereocenters. The standard InChI is InChI=1S/C38H38F3N5O4/c39-38(40,41)32-15-11-28(12-16-32)14-18-36(49)46(26-31-13-17-34(42-24-31)43-35(48)27-47)33(23-29-7-3-1-4-8-29)37(50)45-21-19-44(20-22-45)25-30-9-5-2-6-10-30/h1-18,24,33,47H,19-23,25-27H2,(H,42,43,48). The van der Waals surface area contributed by atoms with E-state index in [2.05, 4.69) is 27.3 Å². The van der Waals surface area contributed by atoms with Crippen molar-refractivity contribution in [2.45, 2.75) is 31.7 Å². The molecule has 0 radical (unpaired) electrons. The summed E-state index contributed by atoms with van der Waals surface area (Å²) in [6.45, 7) is 2.30. The van der Waals surface area contributed by atoms with Gasteiger partial charge in [-0.2, -0.15) is 13.2 Å². The molecule has 9 nitrogen and oxygen atoms in total. The highest BCUT2D eigenvalue weighted by molar-refractivity contribution is 5.96. The number of benzene rings is 3. The maximum Gasteiger partial charge on any atom is 0.416 e. The highest BCUT2D eigenvalue weighted by Crippen LogP contribution is 2.29. The van der Waals surface area contributed by atoms with Crippen LogP contribution in [0.4, 0.5) is 19.0 Å². The first-order chi connectivity index (χ1) is 24.1. The van der Waals surface area contributed by atoms with Crippen molar-refractivity contribution >= 4 is 29.6 Å². The fourth-order valence-electron chi connectivity index (χ4n) is 5.71. The number of hydrogen-bond acceptors (Lipinski definition) is 6. The van der Waals surface area contributed by atoms with Crippen molar-refractivity contribution in [2.75, 3.05) is 38.1 Å². The Kier molecular flexibility index (Phi) is 12.1. The van der Waals surface area contributed by atoms with Crippen LogP contribution in [-0.4, -0.2) is 81.3 Å². The van der Waals surface area contributed by atoms with Gasteiger partial charge < -0.3 is 20.2 Å². The Bertz CT molecular complexity index is 1740. The fraction of sp³-hybridized carbons (Fsp3) is 0.263. The quantitative estimate of drug-likeness (QED) is 0.203. The molecule has 3 aromatic carbocycles. The lowest BCUT2D eigenvalue weighted by Crippen LogP contribution is -2.56. The van der Waals surface area contributed by atoms with Gasteiger partial charge in [0.05, 0.1) is 5.56 Å².